The van der Waals surface area contributed by atoms with E-state index in [1.54, 1.807) is 11.3 Å². The summed E-state index contributed by atoms with van der Waals surface area (Å²) in [6, 6.07) is 0. The molecular weight excluding hydrogens is 256 g/mol. The maximum Gasteiger partial charge on any atom is 0.214 e. The summed E-state index contributed by atoms with van der Waals surface area (Å²) in [5, 5.41) is 9.04. The molecule has 0 radical (unpaired) electrons. The first kappa shape index (κ1) is 12.9. The molecular formula is C14H22N4S. The van der Waals surface area contributed by atoms with Crippen molar-refractivity contribution >= 4 is 21.4 Å². The molecule has 2 aromatic rings. The van der Waals surface area contributed by atoms with Crippen LogP contribution in [0.3, 0.4) is 0 Å². The number of fused-ring (bicyclic) bond motifs is 1. The van der Waals surface area contributed by atoms with Crippen molar-refractivity contribution < 1.29 is 0 Å². The highest BCUT2D eigenvalue weighted by atomic mass is 32.1. The number of imidazole rings is 1. The highest BCUT2D eigenvalue weighted by Crippen LogP contribution is 2.48. The normalized spacial score (nSPS) is 17.9. The predicted molar refractivity (Wildman–Crippen MR) is 80.0 cm³/mol. The van der Waals surface area contributed by atoms with Gasteiger partial charge in [0.25, 0.3) is 0 Å². The second-order valence-corrected chi connectivity index (χ2v) is 7.67. The number of aromatic nitrogens is 3. The van der Waals surface area contributed by atoms with E-state index in [1.807, 2.05) is 10.7 Å². The number of hydrogen-bond acceptors (Lipinski definition) is 4. The third-order valence-corrected chi connectivity index (χ3v) is 5.01. The van der Waals surface area contributed by atoms with Crippen molar-refractivity contribution in [3.05, 3.63) is 11.9 Å². The first-order valence-corrected chi connectivity index (χ1v) is 7.84. The zero-order valence-electron chi connectivity index (χ0n) is 12.2. The highest BCUT2D eigenvalue weighted by Gasteiger charge is 2.40. The zero-order valence-corrected chi connectivity index (χ0v) is 13.0. The number of anilines is 1. The van der Waals surface area contributed by atoms with E-state index in [2.05, 4.69) is 43.1 Å². The Labute approximate surface area is 118 Å². The summed E-state index contributed by atoms with van der Waals surface area (Å²) in [7, 11) is 0. The van der Waals surface area contributed by atoms with Crippen LogP contribution in [0.25, 0.3) is 4.96 Å². The van der Waals surface area contributed by atoms with Gasteiger partial charge in [-0.2, -0.15) is 0 Å². The minimum Gasteiger partial charge on any atom is -0.360 e. The molecule has 0 amide bonds. The molecule has 4 nitrogen and oxygen atoms in total. The summed E-state index contributed by atoms with van der Waals surface area (Å²) in [6.07, 6.45) is 6.01. The van der Waals surface area contributed by atoms with Crippen LogP contribution in [0.15, 0.2) is 6.20 Å². The van der Waals surface area contributed by atoms with Crippen molar-refractivity contribution in [1.82, 2.24) is 14.6 Å². The molecule has 0 unspecified atom stereocenters. The number of nitrogens with zero attached hydrogens (tertiary/aromatic N) is 3. The standard InChI is InChI=1S/C14H22N4S/c1-5-14(6-7-14)9-15-11-17-18-8-10(13(2,3)4)16-12(18)19-11/h8H,5-7,9H2,1-4H3,(H,15,17). The van der Waals surface area contributed by atoms with E-state index in [-0.39, 0.29) is 5.41 Å². The van der Waals surface area contributed by atoms with E-state index in [1.165, 1.54) is 19.3 Å². The smallest absolute Gasteiger partial charge is 0.214 e. The molecule has 5 heteroatoms. The van der Waals surface area contributed by atoms with Crippen molar-refractivity contribution in [2.45, 2.75) is 52.4 Å². The lowest BCUT2D eigenvalue weighted by molar-refractivity contribution is 0.521. The highest BCUT2D eigenvalue weighted by molar-refractivity contribution is 7.20. The molecule has 0 aliphatic heterocycles. The maximum atomic E-state index is 4.66. The summed E-state index contributed by atoms with van der Waals surface area (Å²) >= 11 is 1.64. The molecule has 1 aliphatic rings. The van der Waals surface area contributed by atoms with E-state index in [9.17, 15) is 0 Å². The minimum atomic E-state index is 0.0846. The Morgan fingerprint density at radius 1 is 1.42 bits per heavy atom. The Bertz CT molecular complexity index is 555. The SMILES string of the molecule is CCC1(CNc2nn3cc(C(C)(C)C)nc3s2)CC1. The molecule has 2 aromatic heterocycles. The molecule has 2 heterocycles. The second kappa shape index (κ2) is 4.20. The van der Waals surface area contributed by atoms with Crippen molar-refractivity contribution in [2.75, 3.05) is 11.9 Å². The van der Waals surface area contributed by atoms with Gasteiger partial charge in [0.2, 0.25) is 10.1 Å². The van der Waals surface area contributed by atoms with Gasteiger partial charge in [-0.3, -0.25) is 0 Å². The summed E-state index contributed by atoms with van der Waals surface area (Å²) in [5.74, 6) is 0. The Kier molecular flexibility index (Phi) is 2.85. The molecule has 1 N–H and O–H groups in total. The fraction of sp³-hybridized carbons (Fsp3) is 0.714. The summed E-state index contributed by atoms with van der Waals surface area (Å²) in [5.41, 5.74) is 1.73. The van der Waals surface area contributed by atoms with Gasteiger partial charge in [0, 0.05) is 12.0 Å². The van der Waals surface area contributed by atoms with Gasteiger partial charge >= 0.3 is 0 Å². The summed E-state index contributed by atoms with van der Waals surface area (Å²) in [4.78, 5) is 5.64. The Balaban J connectivity index is 1.74. The molecule has 0 bridgehead atoms. The Hall–Kier alpha value is -1.10. The van der Waals surface area contributed by atoms with Crippen molar-refractivity contribution in [2.24, 2.45) is 5.41 Å². The third-order valence-electron chi connectivity index (χ3n) is 4.13. The average molecular weight is 278 g/mol. The summed E-state index contributed by atoms with van der Waals surface area (Å²) < 4.78 is 1.90. The van der Waals surface area contributed by atoms with E-state index in [4.69, 9.17) is 0 Å². The largest absolute Gasteiger partial charge is 0.360 e. The lowest BCUT2D eigenvalue weighted by Gasteiger charge is -2.13. The molecule has 1 aliphatic carbocycles. The number of nitrogens with one attached hydrogen (secondary N) is 1. The predicted octanol–water partition coefficient (Wildman–Crippen LogP) is 3.69. The lowest BCUT2D eigenvalue weighted by atomic mass is 9.93. The van der Waals surface area contributed by atoms with Crippen molar-refractivity contribution in [3.63, 3.8) is 0 Å². The van der Waals surface area contributed by atoms with E-state index in [0.29, 0.717) is 5.41 Å². The molecule has 0 spiro atoms. The van der Waals surface area contributed by atoms with Crippen LogP contribution in [-0.4, -0.2) is 21.1 Å². The van der Waals surface area contributed by atoms with Gasteiger partial charge < -0.3 is 5.32 Å². The van der Waals surface area contributed by atoms with Crippen LogP contribution in [0.2, 0.25) is 0 Å². The number of rotatable bonds is 4. The quantitative estimate of drug-likeness (QED) is 0.927. The first-order valence-electron chi connectivity index (χ1n) is 7.02. The molecule has 3 rings (SSSR count). The first-order chi connectivity index (χ1) is 8.92. The average Bonchev–Trinajstić information content (AvgIpc) is 2.83. The summed E-state index contributed by atoms with van der Waals surface area (Å²) in [6.45, 7) is 9.86. The number of hydrogen-bond donors (Lipinski definition) is 1. The Morgan fingerprint density at radius 3 is 2.68 bits per heavy atom. The molecule has 104 valence electrons. The maximum absolute atomic E-state index is 4.66. The van der Waals surface area contributed by atoms with Crippen LogP contribution < -0.4 is 5.32 Å². The molecule has 0 atom stereocenters. The van der Waals surface area contributed by atoms with Crippen molar-refractivity contribution in [3.8, 4) is 0 Å². The van der Waals surface area contributed by atoms with E-state index < -0.39 is 0 Å². The van der Waals surface area contributed by atoms with Gasteiger partial charge in [-0.15, -0.1) is 5.10 Å². The van der Waals surface area contributed by atoms with Gasteiger partial charge in [0.1, 0.15) is 0 Å². The molecule has 1 fully saturated rings. The molecule has 19 heavy (non-hydrogen) atoms. The Morgan fingerprint density at radius 2 is 2.16 bits per heavy atom. The topological polar surface area (TPSA) is 42.2 Å². The minimum absolute atomic E-state index is 0.0846. The van der Waals surface area contributed by atoms with Crippen LogP contribution in [0.5, 0.6) is 0 Å². The van der Waals surface area contributed by atoms with E-state index in [0.717, 1.165) is 22.3 Å². The second-order valence-electron chi connectivity index (χ2n) is 6.72. The zero-order chi connectivity index (χ0) is 13.7. The fourth-order valence-corrected chi connectivity index (χ4v) is 3.01. The van der Waals surface area contributed by atoms with Crippen LogP contribution in [-0.2, 0) is 5.41 Å². The van der Waals surface area contributed by atoms with Crippen LogP contribution in [0.1, 0.15) is 52.7 Å². The fourth-order valence-electron chi connectivity index (χ4n) is 2.23. The van der Waals surface area contributed by atoms with Gasteiger partial charge in [0.05, 0.1) is 11.9 Å². The third kappa shape index (κ3) is 2.48. The van der Waals surface area contributed by atoms with Crippen LogP contribution in [0.4, 0.5) is 5.13 Å². The van der Waals surface area contributed by atoms with Gasteiger partial charge in [-0.05, 0) is 24.7 Å². The van der Waals surface area contributed by atoms with Gasteiger partial charge in [-0.1, -0.05) is 39.0 Å². The van der Waals surface area contributed by atoms with Gasteiger partial charge in [0.15, 0.2) is 0 Å². The van der Waals surface area contributed by atoms with Crippen molar-refractivity contribution in [1.29, 1.82) is 0 Å². The van der Waals surface area contributed by atoms with Gasteiger partial charge in [-0.25, -0.2) is 9.50 Å². The molecule has 0 saturated heterocycles. The monoisotopic (exact) mass is 278 g/mol. The lowest BCUT2D eigenvalue weighted by Crippen LogP contribution is -2.14. The van der Waals surface area contributed by atoms with Crippen LogP contribution in [0, 0.1) is 5.41 Å². The molecule has 0 aromatic carbocycles. The van der Waals surface area contributed by atoms with E-state index >= 15 is 0 Å². The molecule has 1 saturated carbocycles. The van der Waals surface area contributed by atoms with Crippen LogP contribution >= 0.6 is 11.3 Å².